The van der Waals surface area contributed by atoms with Gasteiger partial charge in [-0.05, 0) is 56.8 Å². The van der Waals surface area contributed by atoms with Gasteiger partial charge in [0.15, 0.2) is 0 Å². The van der Waals surface area contributed by atoms with E-state index in [0.29, 0.717) is 23.2 Å². The molecule has 4 rings (SSSR count). The maximum Gasteiger partial charge on any atom is 0.142 e. The average molecular weight is 429 g/mol. The highest BCUT2D eigenvalue weighted by Gasteiger charge is 2.19. The molecule has 0 spiro atoms. The molecule has 3 heterocycles. The van der Waals surface area contributed by atoms with Crippen molar-refractivity contribution in [2.24, 2.45) is 10.9 Å². The number of piperidine rings is 1. The summed E-state index contributed by atoms with van der Waals surface area (Å²) in [6.07, 6.45) is 7.07. The van der Waals surface area contributed by atoms with E-state index < -0.39 is 0 Å². The number of ether oxygens (including phenoxy) is 1. The van der Waals surface area contributed by atoms with Gasteiger partial charge in [-0.15, -0.1) is 0 Å². The second-order valence-corrected chi connectivity index (χ2v) is 8.65. The fourth-order valence-electron chi connectivity index (χ4n) is 4.22. The molecular formula is C23H29ClN4O2. The van der Waals surface area contributed by atoms with Gasteiger partial charge in [0.1, 0.15) is 22.8 Å². The number of hydrogen-bond acceptors (Lipinski definition) is 6. The van der Waals surface area contributed by atoms with Crippen LogP contribution in [0.25, 0.3) is 6.20 Å². The Kier molecular flexibility index (Phi) is 6.44. The first-order valence-electron chi connectivity index (χ1n) is 10.7. The topological polar surface area (TPSA) is 61.2 Å². The van der Waals surface area contributed by atoms with E-state index in [2.05, 4.69) is 21.8 Å². The molecule has 2 aliphatic heterocycles. The number of phenolic OH excluding ortho intramolecular Hbond substituents is 1. The van der Waals surface area contributed by atoms with Crippen molar-refractivity contribution in [3.63, 3.8) is 0 Å². The first kappa shape index (κ1) is 20.9. The summed E-state index contributed by atoms with van der Waals surface area (Å²) < 4.78 is 5.88. The Morgan fingerprint density at radius 3 is 2.93 bits per heavy atom. The molecular weight excluding hydrogens is 400 g/mol. The zero-order valence-corrected chi connectivity index (χ0v) is 18.3. The number of hydrogen-bond donors (Lipinski definition) is 1. The molecule has 0 aliphatic carbocycles. The standard InChI is InChI=1S/C23H29ClN4O2/c1-16-5-3-8-27(14-16)9-4-10-30-19-6-7-21(22(29)12-19)28-15-18-11-23(24)25-13-20(18)26-17(28)2/h6-7,11-13,15-17,29H,3-5,8-10,14H2,1-2H3/t16-,17?/m0/s1. The van der Waals surface area contributed by atoms with Crippen LogP contribution in [-0.4, -0.2) is 47.4 Å². The number of rotatable bonds is 6. The Morgan fingerprint density at radius 2 is 2.13 bits per heavy atom. The zero-order valence-electron chi connectivity index (χ0n) is 17.6. The van der Waals surface area contributed by atoms with Gasteiger partial charge in [0.05, 0.1) is 23.8 Å². The van der Waals surface area contributed by atoms with Crippen LogP contribution in [-0.2, 0) is 0 Å². The fourth-order valence-corrected chi connectivity index (χ4v) is 4.39. The quantitative estimate of drug-likeness (QED) is 0.565. The maximum atomic E-state index is 10.6. The summed E-state index contributed by atoms with van der Waals surface area (Å²) in [6.45, 7) is 8.39. The summed E-state index contributed by atoms with van der Waals surface area (Å²) in [5.74, 6) is 1.64. The molecule has 2 aromatic rings. The number of aromatic hydroxyl groups is 1. The number of likely N-dealkylation sites (tertiary alicyclic amines) is 1. The van der Waals surface area contributed by atoms with Crippen molar-refractivity contribution >= 4 is 23.5 Å². The first-order valence-corrected chi connectivity index (χ1v) is 11.0. The molecule has 0 amide bonds. The predicted octanol–water partition coefficient (Wildman–Crippen LogP) is 3.17. The monoisotopic (exact) mass is 428 g/mol. The minimum Gasteiger partial charge on any atom is -0.506 e. The number of phenols is 1. The van der Waals surface area contributed by atoms with Crippen LogP contribution in [0, 0.1) is 5.92 Å². The van der Waals surface area contributed by atoms with Crippen molar-refractivity contribution in [3.8, 4) is 11.5 Å². The molecule has 1 fully saturated rings. The van der Waals surface area contributed by atoms with Gasteiger partial charge < -0.3 is 19.6 Å². The molecule has 1 aromatic carbocycles. The van der Waals surface area contributed by atoms with Crippen LogP contribution in [0.15, 0.2) is 35.5 Å². The Labute approximate surface area is 182 Å². The summed E-state index contributed by atoms with van der Waals surface area (Å²) in [5.41, 5.74) is 0.680. The van der Waals surface area contributed by atoms with Gasteiger partial charge in [0.2, 0.25) is 0 Å². The van der Waals surface area contributed by atoms with Crippen molar-refractivity contribution in [1.29, 1.82) is 0 Å². The van der Waals surface area contributed by atoms with Gasteiger partial charge in [-0.2, -0.15) is 0 Å². The van der Waals surface area contributed by atoms with Gasteiger partial charge in [-0.1, -0.05) is 18.5 Å². The summed E-state index contributed by atoms with van der Waals surface area (Å²) >= 11 is 6.02. The number of fused-ring (bicyclic) bond motifs is 1. The van der Waals surface area contributed by atoms with E-state index in [1.165, 1.54) is 25.9 Å². The Morgan fingerprint density at radius 1 is 1.27 bits per heavy atom. The minimum atomic E-state index is -0.162. The molecule has 0 radical (unpaired) electrons. The van der Waals surface area contributed by atoms with E-state index in [9.17, 15) is 5.11 Å². The second-order valence-electron chi connectivity index (χ2n) is 8.26. The summed E-state index contributed by atoms with van der Waals surface area (Å²) in [7, 11) is 0. The van der Waals surface area contributed by atoms with Crippen LogP contribution in [0.1, 0.15) is 33.1 Å². The lowest BCUT2D eigenvalue weighted by molar-refractivity contribution is 0.170. The van der Waals surface area contributed by atoms with Crippen molar-refractivity contribution in [3.05, 3.63) is 46.2 Å². The summed E-state index contributed by atoms with van der Waals surface area (Å²) in [6, 6.07) is 7.21. The highest BCUT2D eigenvalue weighted by molar-refractivity contribution is 6.29. The molecule has 0 bridgehead atoms. The lowest BCUT2D eigenvalue weighted by atomic mass is 10.0. The van der Waals surface area contributed by atoms with Crippen molar-refractivity contribution < 1.29 is 9.84 Å². The maximum absolute atomic E-state index is 10.6. The highest BCUT2D eigenvalue weighted by atomic mass is 35.5. The van der Waals surface area contributed by atoms with Crippen LogP contribution >= 0.6 is 11.6 Å². The lowest BCUT2D eigenvalue weighted by Gasteiger charge is -2.30. The largest absolute Gasteiger partial charge is 0.506 e. The van der Waals surface area contributed by atoms with E-state index in [1.54, 1.807) is 18.3 Å². The number of benzene rings is 1. The van der Waals surface area contributed by atoms with Gasteiger partial charge in [0, 0.05) is 30.6 Å². The van der Waals surface area contributed by atoms with E-state index in [1.807, 2.05) is 30.2 Å². The summed E-state index contributed by atoms with van der Waals surface area (Å²) in [4.78, 5) is 13.2. The van der Waals surface area contributed by atoms with Crippen LogP contribution < -0.4 is 20.2 Å². The van der Waals surface area contributed by atoms with Crippen LogP contribution in [0.3, 0.4) is 0 Å². The highest BCUT2D eigenvalue weighted by Crippen LogP contribution is 2.33. The van der Waals surface area contributed by atoms with E-state index in [4.69, 9.17) is 16.3 Å². The van der Waals surface area contributed by atoms with Crippen LogP contribution in [0.5, 0.6) is 11.5 Å². The third-order valence-electron chi connectivity index (χ3n) is 5.74. The van der Waals surface area contributed by atoms with Crippen molar-refractivity contribution in [2.75, 3.05) is 31.1 Å². The molecule has 1 saturated heterocycles. The Balaban J connectivity index is 1.38. The summed E-state index contributed by atoms with van der Waals surface area (Å²) in [5, 5.41) is 12.7. The van der Waals surface area contributed by atoms with Gasteiger partial charge >= 0.3 is 0 Å². The van der Waals surface area contributed by atoms with Gasteiger partial charge in [-0.3, -0.25) is 4.99 Å². The van der Waals surface area contributed by atoms with E-state index >= 15 is 0 Å². The molecule has 1 N–H and O–H groups in total. The number of nitrogens with zero attached hydrogens (tertiary/aromatic N) is 4. The smallest absolute Gasteiger partial charge is 0.142 e. The molecule has 2 aliphatic rings. The van der Waals surface area contributed by atoms with Gasteiger partial charge in [0.25, 0.3) is 0 Å². The molecule has 1 unspecified atom stereocenters. The van der Waals surface area contributed by atoms with E-state index in [-0.39, 0.29) is 11.9 Å². The fraction of sp³-hybridized carbons (Fsp3) is 0.478. The molecule has 0 saturated carbocycles. The number of aromatic nitrogens is 1. The third-order valence-corrected chi connectivity index (χ3v) is 5.95. The zero-order chi connectivity index (χ0) is 21.1. The predicted molar refractivity (Wildman–Crippen MR) is 119 cm³/mol. The number of halogens is 1. The van der Waals surface area contributed by atoms with Crippen molar-refractivity contribution in [2.45, 2.75) is 39.3 Å². The van der Waals surface area contributed by atoms with Gasteiger partial charge in [-0.25, -0.2) is 4.98 Å². The van der Waals surface area contributed by atoms with Crippen LogP contribution in [0.4, 0.5) is 5.69 Å². The molecule has 6 nitrogen and oxygen atoms in total. The first-order chi connectivity index (χ1) is 14.5. The van der Waals surface area contributed by atoms with Crippen LogP contribution in [0.2, 0.25) is 5.15 Å². The number of pyridine rings is 1. The lowest BCUT2D eigenvalue weighted by Crippen LogP contribution is -2.41. The average Bonchev–Trinajstić information content (AvgIpc) is 2.71. The molecule has 30 heavy (non-hydrogen) atoms. The molecule has 160 valence electrons. The molecule has 1 aromatic heterocycles. The minimum absolute atomic E-state index is 0.162. The normalized spacial score (nSPS) is 21.5. The third kappa shape index (κ3) is 4.87. The molecule has 2 atom stereocenters. The SMILES string of the molecule is CC1N=c2cnc(Cl)cc2=CN1c1ccc(OCCCN2CCC[C@H](C)C2)cc1O. The Hall–Kier alpha value is -2.31. The molecule has 7 heteroatoms. The second kappa shape index (κ2) is 9.23. The van der Waals surface area contributed by atoms with Crippen molar-refractivity contribution in [1.82, 2.24) is 9.88 Å². The Bertz CT molecular complexity index is 1010. The number of anilines is 1. The van der Waals surface area contributed by atoms with E-state index in [0.717, 1.165) is 29.5 Å².